The molecule has 1 aromatic rings. The highest BCUT2D eigenvalue weighted by atomic mass is 32.1. The molecule has 3 rings (SSSR count). The van der Waals surface area contributed by atoms with Crippen LogP contribution in [0, 0.1) is 0 Å². The first-order valence-electron chi connectivity index (χ1n) is 7.14. The molecule has 0 bridgehead atoms. The Morgan fingerprint density at radius 3 is 2.65 bits per heavy atom. The number of piperazine rings is 1. The Labute approximate surface area is 123 Å². The number of thiazole rings is 1. The van der Waals surface area contributed by atoms with Gasteiger partial charge in [0.1, 0.15) is 10.7 Å². The van der Waals surface area contributed by atoms with Crippen LogP contribution in [0.3, 0.4) is 0 Å². The second-order valence-electron chi connectivity index (χ2n) is 5.60. The number of aromatic nitrogens is 1. The minimum atomic E-state index is -0.0647. The lowest BCUT2D eigenvalue weighted by Crippen LogP contribution is -2.44. The summed E-state index contributed by atoms with van der Waals surface area (Å²) in [4.78, 5) is 21.6. The molecule has 6 nitrogen and oxygen atoms in total. The maximum atomic E-state index is 12.2. The van der Waals surface area contributed by atoms with Gasteiger partial charge >= 0.3 is 0 Å². The van der Waals surface area contributed by atoms with Gasteiger partial charge in [-0.25, -0.2) is 4.98 Å². The second kappa shape index (κ2) is 5.57. The van der Waals surface area contributed by atoms with E-state index < -0.39 is 0 Å². The van der Waals surface area contributed by atoms with E-state index in [2.05, 4.69) is 27.1 Å². The fourth-order valence-electron chi connectivity index (χ4n) is 2.42. The summed E-state index contributed by atoms with van der Waals surface area (Å²) in [5.41, 5.74) is 5.91. The number of nitrogen functional groups attached to an aromatic ring is 1. The first-order chi connectivity index (χ1) is 9.63. The van der Waals surface area contributed by atoms with E-state index in [-0.39, 0.29) is 5.91 Å². The van der Waals surface area contributed by atoms with Gasteiger partial charge in [0.05, 0.1) is 0 Å². The summed E-state index contributed by atoms with van der Waals surface area (Å²) in [5, 5.41) is 3.89. The minimum absolute atomic E-state index is 0.0647. The lowest BCUT2D eigenvalue weighted by Gasteiger charge is -2.32. The summed E-state index contributed by atoms with van der Waals surface area (Å²) in [6.07, 6.45) is 3.36. The van der Waals surface area contributed by atoms with E-state index in [0.717, 1.165) is 44.2 Å². The van der Waals surface area contributed by atoms with Crippen molar-refractivity contribution in [2.75, 3.05) is 43.9 Å². The van der Waals surface area contributed by atoms with E-state index in [1.807, 2.05) is 0 Å². The van der Waals surface area contributed by atoms with Crippen molar-refractivity contribution in [3.63, 3.8) is 0 Å². The highest BCUT2D eigenvalue weighted by Crippen LogP contribution is 2.29. The van der Waals surface area contributed by atoms with Crippen molar-refractivity contribution in [3.05, 3.63) is 4.88 Å². The number of rotatable bonds is 3. The molecule has 1 aromatic heterocycles. The van der Waals surface area contributed by atoms with Crippen LogP contribution in [-0.4, -0.2) is 55.1 Å². The van der Waals surface area contributed by atoms with Crippen LogP contribution in [0.2, 0.25) is 0 Å². The molecular formula is C13H21N5OS. The largest absolute Gasteiger partial charge is 0.382 e. The Morgan fingerprint density at radius 2 is 2.05 bits per heavy atom. The number of nitrogens with two attached hydrogens (primary N) is 1. The van der Waals surface area contributed by atoms with Gasteiger partial charge < -0.3 is 20.9 Å². The minimum Gasteiger partial charge on any atom is -0.382 e. The number of amides is 1. The van der Waals surface area contributed by atoms with Crippen molar-refractivity contribution in [2.24, 2.45) is 0 Å². The SMILES string of the molecule is CN1CCN(c2nc(N)c(C(=O)NC3CCC3)s2)CC1. The summed E-state index contributed by atoms with van der Waals surface area (Å²) in [6.45, 7) is 3.91. The van der Waals surface area contributed by atoms with E-state index in [1.165, 1.54) is 17.8 Å². The lowest BCUT2D eigenvalue weighted by molar-refractivity contribution is 0.0922. The van der Waals surface area contributed by atoms with E-state index in [0.29, 0.717) is 16.7 Å². The van der Waals surface area contributed by atoms with Crippen molar-refractivity contribution < 1.29 is 4.79 Å². The van der Waals surface area contributed by atoms with Crippen molar-refractivity contribution in [1.29, 1.82) is 0 Å². The fourth-order valence-corrected chi connectivity index (χ4v) is 3.36. The van der Waals surface area contributed by atoms with E-state index in [1.54, 1.807) is 0 Å². The standard InChI is InChI=1S/C13H21N5OS/c1-17-5-7-18(8-6-17)13-16-11(14)10(20-13)12(19)15-9-3-2-4-9/h9H,2-8,14H2,1H3,(H,15,19). The van der Waals surface area contributed by atoms with Gasteiger partial charge in [0.15, 0.2) is 5.13 Å². The van der Waals surface area contributed by atoms with E-state index in [4.69, 9.17) is 5.73 Å². The van der Waals surface area contributed by atoms with Gasteiger partial charge in [-0.3, -0.25) is 4.79 Å². The van der Waals surface area contributed by atoms with E-state index in [9.17, 15) is 4.79 Å². The summed E-state index contributed by atoms with van der Waals surface area (Å²) >= 11 is 1.41. The third-order valence-corrected chi connectivity index (χ3v) is 5.19. The van der Waals surface area contributed by atoms with Gasteiger partial charge in [-0.05, 0) is 26.3 Å². The summed E-state index contributed by atoms with van der Waals surface area (Å²) in [6, 6.07) is 0.330. The summed E-state index contributed by atoms with van der Waals surface area (Å²) in [7, 11) is 2.12. The molecule has 2 heterocycles. The zero-order valence-corrected chi connectivity index (χ0v) is 12.6. The number of hydrogen-bond acceptors (Lipinski definition) is 6. The van der Waals surface area contributed by atoms with E-state index >= 15 is 0 Å². The number of carbonyl (C=O) groups excluding carboxylic acids is 1. The molecule has 0 spiro atoms. The third kappa shape index (κ3) is 2.73. The third-order valence-electron chi connectivity index (χ3n) is 4.06. The average molecular weight is 295 g/mol. The predicted octanol–water partition coefficient (Wildman–Crippen LogP) is 0.759. The van der Waals surface area contributed by atoms with Crippen LogP contribution in [0.1, 0.15) is 28.9 Å². The molecule has 1 aliphatic heterocycles. The van der Waals surface area contributed by atoms with Gasteiger partial charge in [-0.15, -0.1) is 0 Å². The predicted molar refractivity (Wildman–Crippen MR) is 81.3 cm³/mol. The molecule has 3 N–H and O–H groups in total. The number of likely N-dealkylation sites (N-methyl/N-ethyl adjacent to an activating group) is 1. The zero-order chi connectivity index (χ0) is 14.1. The maximum absolute atomic E-state index is 12.2. The molecule has 0 aromatic carbocycles. The highest BCUT2D eigenvalue weighted by Gasteiger charge is 2.25. The molecule has 1 saturated carbocycles. The summed E-state index contributed by atoms with van der Waals surface area (Å²) < 4.78 is 0. The number of carbonyl (C=O) groups is 1. The van der Waals surface area contributed by atoms with Crippen LogP contribution >= 0.6 is 11.3 Å². The molecular weight excluding hydrogens is 274 g/mol. The van der Waals surface area contributed by atoms with Crippen LogP contribution in [0.4, 0.5) is 10.9 Å². The Bertz CT molecular complexity index is 491. The fraction of sp³-hybridized carbons (Fsp3) is 0.692. The molecule has 7 heteroatoms. The molecule has 2 aliphatic rings. The van der Waals surface area contributed by atoms with Crippen molar-refractivity contribution >= 4 is 28.2 Å². The molecule has 20 heavy (non-hydrogen) atoms. The molecule has 1 aliphatic carbocycles. The van der Waals surface area contributed by atoms with Crippen LogP contribution in [0.5, 0.6) is 0 Å². The molecule has 0 unspecified atom stereocenters. The second-order valence-corrected chi connectivity index (χ2v) is 6.58. The molecule has 1 amide bonds. The normalized spacial score (nSPS) is 20.8. The van der Waals surface area contributed by atoms with Crippen LogP contribution in [0.15, 0.2) is 0 Å². The van der Waals surface area contributed by atoms with Crippen molar-refractivity contribution in [1.82, 2.24) is 15.2 Å². The van der Waals surface area contributed by atoms with Gasteiger partial charge in [0.2, 0.25) is 0 Å². The van der Waals surface area contributed by atoms with Gasteiger partial charge in [0, 0.05) is 32.2 Å². The molecule has 2 fully saturated rings. The molecule has 110 valence electrons. The van der Waals surface area contributed by atoms with Crippen molar-refractivity contribution in [2.45, 2.75) is 25.3 Å². The highest BCUT2D eigenvalue weighted by molar-refractivity contribution is 7.18. The first-order valence-corrected chi connectivity index (χ1v) is 7.96. The molecule has 1 saturated heterocycles. The first kappa shape index (κ1) is 13.6. The van der Waals surface area contributed by atoms with Crippen molar-refractivity contribution in [3.8, 4) is 0 Å². The van der Waals surface area contributed by atoms with Crippen LogP contribution in [-0.2, 0) is 0 Å². The average Bonchev–Trinajstić information content (AvgIpc) is 2.77. The topological polar surface area (TPSA) is 74.5 Å². The van der Waals surface area contributed by atoms with Crippen LogP contribution < -0.4 is 16.0 Å². The molecule has 0 radical (unpaired) electrons. The number of hydrogen-bond donors (Lipinski definition) is 2. The Hall–Kier alpha value is -1.34. The number of nitrogens with zero attached hydrogens (tertiary/aromatic N) is 3. The lowest BCUT2D eigenvalue weighted by atomic mass is 9.93. The smallest absolute Gasteiger partial charge is 0.265 e. The summed E-state index contributed by atoms with van der Waals surface area (Å²) in [5.74, 6) is 0.297. The monoisotopic (exact) mass is 295 g/mol. The Balaban J connectivity index is 1.68. The van der Waals surface area contributed by atoms with Gasteiger partial charge in [-0.1, -0.05) is 11.3 Å². The quantitative estimate of drug-likeness (QED) is 0.861. The number of anilines is 2. The van der Waals surface area contributed by atoms with Crippen LogP contribution in [0.25, 0.3) is 0 Å². The van der Waals surface area contributed by atoms with Gasteiger partial charge in [0.25, 0.3) is 5.91 Å². The Kier molecular flexibility index (Phi) is 3.80. The molecule has 0 atom stereocenters. The Morgan fingerprint density at radius 1 is 1.35 bits per heavy atom. The maximum Gasteiger partial charge on any atom is 0.265 e. The zero-order valence-electron chi connectivity index (χ0n) is 11.8. The van der Waals surface area contributed by atoms with Gasteiger partial charge in [-0.2, -0.15) is 0 Å². The number of nitrogens with one attached hydrogen (secondary N) is 1.